The molecule has 0 saturated carbocycles. The van der Waals surface area contributed by atoms with Gasteiger partial charge in [-0.25, -0.2) is 5.01 Å². The number of piperidine rings is 1. The van der Waals surface area contributed by atoms with Crippen LogP contribution in [0.2, 0.25) is 0 Å². The third kappa shape index (κ3) is 2.61. The third-order valence-corrected chi connectivity index (χ3v) is 3.24. The van der Waals surface area contributed by atoms with Gasteiger partial charge in [-0.15, -0.1) is 0 Å². The Balaban J connectivity index is 1.86. The average molecular weight is 208 g/mol. The Bertz CT molecular complexity index is 274. The fraction of sp³-hybridized carbons (Fsp3) is 0.667. The Morgan fingerprint density at radius 1 is 1.40 bits per heavy atom. The van der Waals surface area contributed by atoms with Crippen molar-refractivity contribution in [1.82, 2.24) is 10.4 Å². The molecule has 0 bridgehead atoms. The molecule has 1 aliphatic heterocycles. The summed E-state index contributed by atoms with van der Waals surface area (Å²) < 4.78 is 5.05. The molecule has 1 saturated heterocycles. The van der Waals surface area contributed by atoms with Crippen molar-refractivity contribution < 1.29 is 4.42 Å². The van der Waals surface area contributed by atoms with Crippen molar-refractivity contribution in [3.63, 3.8) is 0 Å². The zero-order valence-electron chi connectivity index (χ0n) is 9.57. The summed E-state index contributed by atoms with van der Waals surface area (Å²) in [4.78, 5) is 0. The molecule has 2 unspecified atom stereocenters. The molecule has 0 spiro atoms. The van der Waals surface area contributed by atoms with E-state index in [-0.39, 0.29) is 0 Å². The highest BCUT2D eigenvalue weighted by Crippen LogP contribution is 2.20. The summed E-state index contributed by atoms with van der Waals surface area (Å²) in [5.74, 6) is 0. The zero-order valence-corrected chi connectivity index (χ0v) is 9.57. The SMILES string of the molecule is CC1CCCC(C)N1NCc1ccoc1. The fourth-order valence-electron chi connectivity index (χ4n) is 2.31. The number of hydrazine groups is 1. The largest absolute Gasteiger partial charge is 0.472 e. The van der Waals surface area contributed by atoms with Gasteiger partial charge >= 0.3 is 0 Å². The first kappa shape index (κ1) is 10.7. The highest BCUT2D eigenvalue weighted by molar-refractivity contribution is 5.04. The maximum absolute atomic E-state index is 5.05. The van der Waals surface area contributed by atoms with Crippen LogP contribution in [0.3, 0.4) is 0 Å². The van der Waals surface area contributed by atoms with Crippen molar-refractivity contribution in [2.75, 3.05) is 0 Å². The van der Waals surface area contributed by atoms with Crippen LogP contribution in [0, 0.1) is 0 Å². The van der Waals surface area contributed by atoms with E-state index in [1.54, 1.807) is 12.5 Å². The molecular formula is C12H20N2O. The second-order valence-electron chi connectivity index (χ2n) is 4.50. The number of furan rings is 1. The lowest BCUT2D eigenvalue weighted by molar-refractivity contribution is 0.0435. The van der Waals surface area contributed by atoms with E-state index < -0.39 is 0 Å². The number of hydrogen-bond donors (Lipinski definition) is 1. The van der Waals surface area contributed by atoms with Gasteiger partial charge in [0.05, 0.1) is 12.5 Å². The van der Waals surface area contributed by atoms with E-state index in [2.05, 4.69) is 24.3 Å². The lowest BCUT2D eigenvalue weighted by Crippen LogP contribution is -2.51. The predicted octanol–water partition coefficient (Wildman–Crippen LogP) is 2.55. The minimum Gasteiger partial charge on any atom is -0.472 e. The van der Waals surface area contributed by atoms with Crippen LogP contribution in [0.15, 0.2) is 23.0 Å². The van der Waals surface area contributed by atoms with Crippen LogP contribution in [0.5, 0.6) is 0 Å². The molecule has 0 radical (unpaired) electrons. The van der Waals surface area contributed by atoms with E-state index in [4.69, 9.17) is 4.42 Å². The van der Waals surface area contributed by atoms with Crippen LogP contribution in [-0.2, 0) is 6.54 Å². The predicted molar refractivity (Wildman–Crippen MR) is 60.2 cm³/mol. The van der Waals surface area contributed by atoms with Crippen LogP contribution in [0.25, 0.3) is 0 Å². The number of rotatable bonds is 3. The van der Waals surface area contributed by atoms with Gasteiger partial charge in [-0.3, -0.25) is 5.43 Å². The molecular weight excluding hydrogens is 188 g/mol. The molecule has 2 heterocycles. The van der Waals surface area contributed by atoms with Gasteiger partial charge in [0.25, 0.3) is 0 Å². The Morgan fingerprint density at radius 2 is 2.13 bits per heavy atom. The highest BCUT2D eigenvalue weighted by Gasteiger charge is 2.23. The number of nitrogens with one attached hydrogen (secondary N) is 1. The molecule has 2 rings (SSSR count). The molecule has 0 aliphatic carbocycles. The zero-order chi connectivity index (χ0) is 10.7. The van der Waals surface area contributed by atoms with Crippen molar-refractivity contribution in [1.29, 1.82) is 0 Å². The van der Waals surface area contributed by atoms with Gasteiger partial charge in [-0.05, 0) is 32.8 Å². The molecule has 84 valence electrons. The first-order chi connectivity index (χ1) is 7.27. The Hall–Kier alpha value is -0.800. The summed E-state index contributed by atoms with van der Waals surface area (Å²) in [5, 5.41) is 2.39. The van der Waals surface area contributed by atoms with Gasteiger partial charge in [0, 0.05) is 24.2 Å². The summed E-state index contributed by atoms with van der Waals surface area (Å²) in [6, 6.07) is 3.29. The lowest BCUT2D eigenvalue weighted by atomic mass is 10.00. The smallest absolute Gasteiger partial charge is 0.0948 e. The quantitative estimate of drug-likeness (QED) is 0.827. The summed E-state index contributed by atoms with van der Waals surface area (Å²) in [7, 11) is 0. The van der Waals surface area contributed by atoms with Crippen LogP contribution in [0.1, 0.15) is 38.7 Å². The maximum Gasteiger partial charge on any atom is 0.0948 e. The fourth-order valence-corrected chi connectivity index (χ4v) is 2.31. The van der Waals surface area contributed by atoms with Crippen LogP contribution in [-0.4, -0.2) is 17.1 Å². The standard InChI is InChI=1S/C12H20N2O/c1-10-4-3-5-11(2)14(10)13-8-12-6-7-15-9-12/h6-7,9-11,13H,3-5,8H2,1-2H3. The van der Waals surface area contributed by atoms with Gasteiger partial charge < -0.3 is 4.42 Å². The average Bonchev–Trinajstić information content (AvgIpc) is 2.70. The Labute approximate surface area is 91.4 Å². The molecule has 15 heavy (non-hydrogen) atoms. The molecule has 0 amide bonds. The van der Waals surface area contributed by atoms with Crippen LogP contribution >= 0.6 is 0 Å². The normalized spacial score (nSPS) is 28.1. The third-order valence-electron chi connectivity index (χ3n) is 3.24. The molecule has 1 N–H and O–H groups in total. The molecule has 2 atom stereocenters. The highest BCUT2D eigenvalue weighted by atomic mass is 16.3. The second kappa shape index (κ2) is 4.81. The van der Waals surface area contributed by atoms with Crippen molar-refractivity contribution in [2.45, 2.75) is 51.7 Å². The van der Waals surface area contributed by atoms with Gasteiger partial charge in [-0.2, -0.15) is 0 Å². The Kier molecular flexibility index (Phi) is 3.44. The lowest BCUT2D eigenvalue weighted by Gasteiger charge is -2.39. The number of nitrogens with zero attached hydrogens (tertiary/aromatic N) is 1. The summed E-state index contributed by atoms with van der Waals surface area (Å²) in [6.07, 6.45) is 7.46. The molecule has 1 fully saturated rings. The van der Waals surface area contributed by atoms with Gasteiger partial charge in [-0.1, -0.05) is 6.42 Å². The van der Waals surface area contributed by atoms with Crippen molar-refractivity contribution in [3.05, 3.63) is 24.2 Å². The van der Waals surface area contributed by atoms with Crippen LogP contribution < -0.4 is 5.43 Å². The molecule has 1 aliphatic rings. The minimum absolute atomic E-state index is 0.639. The van der Waals surface area contributed by atoms with E-state index in [0.29, 0.717) is 12.1 Å². The number of hydrogen-bond acceptors (Lipinski definition) is 3. The van der Waals surface area contributed by atoms with E-state index in [0.717, 1.165) is 6.54 Å². The Morgan fingerprint density at radius 3 is 2.73 bits per heavy atom. The minimum atomic E-state index is 0.639. The summed E-state index contributed by atoms with van der Waals surface area (Å²) >= 11 is 0. The molecule has 3 nitrogen and oxygen atoms in total. The first-order valence-corrected chi connectivity index (χ1v) is 5.80. The molecule has 0 aromatic carbocycles. The van der Waals surface area contributed by atoms with Crippen molar-refractivity contribution in [3.8, 4) is 0 Å². The molecule has 1 aromatic heterocycles. The molecule has 1 aromatic rings. The van der Waals surface area contributed by atoms with E-state index in [1.165, 1.54) is 24.8 Å². The van der Waals surface area contributed by atoms with Gasteiger partial charge in [0.1, 0.15) is 0 Å². The van der Waals surface area contributed by atoms with Crippen LogP contribution in [0.4, 0.5) is 0 Å². The molecule has 3 heteroatoms. The second-order valence-corrected chi connectivity index (χ2v) is 4.50. The topological polar surface area (TPSA) is 28.4 Å². The van der Waals surface area contributed by atoms with E-state index in [1.807, 2.05) is 6.07 Å². The summed E-state index contributed by atoms with van der Waals surface area (Å²) in [6.45, 7) is 5.45. The van der Waals surface area contributed by atoms with Gasteiger partial charge in [0.2, 0.25) is 0 Å². The maximum atomic E-state index is 5.05. The summed E-state index contributed by atoms with van der Waals surface area (Å²) in [5.41, 5.74) is 4.71. The van der Waals surface area contributed by atoms with Gasteiger partial charge in [0.15, 0.2) is 0 Å². The van der Waals surface area contributed by atoms with E-state index in [9.17, 15) is 0 Å². The first-order valence-electron chi connectivity index (χ1n) is 5.80. The monoisotopic (exact) mass is 208 g/mol. The van der Waals surface area contributed by atoms with Crippen molar-refractivity contribution >= 4 is 0 Å². The van der Waals surface area contributed by atoms with E-state index >= 15 is 0 Å². The van der Waals surface area contributed by atoms with Crippen molar-refractivity contribution in [2.24, 2.45) is 0 Å².